The van der Waals surface area contributed by atoms with Gasteiger partial charge >= 0.3 is 0 Å². The smallest absolute Gasteiger partial charge is 0.228 e. The van der Waals surface area contributed by atoms with Crippen molar-refractivity contribution in [3.05, 3.63) is 54.3 Å². The van der Waals surface area contributed by atoms with Crippen molar-refractivity contribution in [2.45, 2.75) is 13.0 Å². The molecule has 7 nitrogen and oxygen atoms in total. The molecule has 0 spiro atoms. The molecule has 0 aliphatic heterocycles. The molecule has 0 bridgehead atoms. The Labute approximate surface area is 135 Å². The molecule has 0 saturated heterocycles. The normalized spacial score (nSPS) is 11.0. The van der Waals surface area contributed by atoms with E-state index in [-0.39, 0.29) is 0 Å². The first-order valence-electron chi connectivity index (χ1n) is 7.05. The SMILES string of the molecule is c1ccc(-c2noc(CCn3ccnc3-c3cnsc3)n2)nc1. The van der Waals surface area contributed by atoms with Gasteiger partial charge in [0.15, 0.2) is 0 Å². The molecule has 114 valence electrons. The van der Waals surface area contributed by atoms with E-state index in [4.69, 9.17) is 4.52 Å². The van der Waals surface area contributed by atoms with E-state index in [1.165, 1.54) is 11.5 Å². The zero-order valence-corrected chi connectivity index (χ0v) is 12.8. The monoisotopic (exact) mass is 324 g/mol. The van der Waals surface area contributed by atoms with Gasteiger partial charge in [0.05, 0.1) is 6.20 Å². The maximum absolute atomic E-state index is 5.30. The van der Waals surface area contributed by atoms with Gasteiger partial charge in [-0.2, -0.15) is 4.98 Å². The average molecular weight is 324 g/mol. The summed E-state index contributed by atoms with van der Waals surface area (Å²) in [7, 11) is 0. The third-order valence-corrected chi connectivity index (χ3v) is 3.92. The van der Waals surface area contributed by atoms with E-state index in [9.17, 15) is 0 Å². The van der Waals surface area contributed by atoms with Crippen LogP contribution < -0.4 is 0 Å². The van der Waals surface area contributed by atoms with E-state index >= 15 is 0 Å². The van der Waals surface area contributed by atoms with Crippen LogP contribution in [0.1, 0.15) is 5.89 Å². The molecule has 23 heavy (non-hydrogen) atoms. The highest BCUT2D eigenvalue weighted by Crippen LogP contribution is 2.19. The average Bonchev–Trinajstić information content (AvgIpc) is 3.33. The van der Waals surface area contributed by atoms with Crippen molar-refractivity contribution in [1.82, 2.24) is 29.0 Å². The van der Waals surface area contributed by atoms with Crippen LogP contribution >= 0.6 is 11.5 Å². The molecule has 4 aromatic rings. The summed E-state index contributed by atoms with van der Waals surface area (Å²) in [6.45, 7) is 0.703. The van der Waals surface area contributed by atoms with Crippen LogP contribution in [0.15, 0.2) is 52.9 Å². The van der Waals surface area contributed by atoms with Crippen molar-refractivity contribution < 1.29 is 4.52 Å². The zero-order chi connectivity index (χ0) is 15.5. The Morgan fingerprint density at radius 2 is 2.17 bits per heavy atom. The van der Waals surface area contributed by atoms with Gasteiger partial charge in [-0.25, -0.2) is 9.36 Å². The minimum absolute atomic E-state index is 0.508. The lowest BCUT2D eigenvalue weighted by Crippen LogP contribution is -2.02. The zero-order valence-electron chi connectivity index (χ0n) is 12.0. The van der Waals surface area contributed by atoms with Gasteiger partial charge in [0, 0.05) is 42.5 Å². The number of nitrogens with zero attached hydrogens (tertiary/aromatic N) is 6. The lowest BCUT2D eigenvalue weighted by atomic mass is 10.3. The van der Waals surface area contributed by atoms with Gasteiger partial charge in [-0.15, -0.1) is 0 Å². The summed E-state index contributed by atoms with van der Waals surface area (Å²) >= 11 is 1.41. The van der Waals surface area contributed by atoms with Gasteiger partial charge < -0.3 is 9.09 Å². The molecule has 0 fully saturated rings. The number of imidazole rings is 1. The van der Waals surface area contributed by atoms with Gasteiger partial charge in [-0.1, -0.05) is 11.2 Å². The van der Waals surface area contributed by atoms with Crippen molar-refractivity contribution in [1.29, 1.82) is 0 Å². The molecular weight excluding hydrogens is 312 g/mol. The van der Waals surface area contributed by atoms with E-state index in [2.05, 4.69) is 24.5 Å². The molecule has 0 aliphatic rings. The Hall–Kier alpha value is -2.87. The second kappa shape index (κ2) is 6.09. The number of aromatic nitrogens is 6. The quantitative estimate of drug-likeness (QED) is 0.561. The van der Waals surface area contributed by atoms with Crippen LogP contribution in [0.4, 0.5) is 0 Å². The minimum atomic E-state index is 0.508. The van der Waals surface area contributed by atoms with Crippen LogP contribution in [0.3, 0.4) is 0 Å². The van der Waals surface area contributed by atoms with Crippen molar-refractivity contribution in [2.75, 3.05) is 0 Å². The Bertz CT molecular complexity index is 884. The minimum Gasteiger partial charge on any atom is -0.339 e. The molecule has 0 aliphatic carbocycles. The maximum atomic E-state index is 5.30. The van der Waals surface area contributed by atoms with Crippen molar-refractivity contribution in [3.8, 4) is 22.9 Å². The molecule has 0 N–H and O–H groups in total. The van der Waals surface area contributed by atoms with Crippen LogP contribution in [0.5, 0.6) is 0 Å². The summed E-state index contributed by atoms with van der Waals surface area (Å²) in [5, 5.41) is 5.95. The highest BCUT2D eigenvalue weighted by atomic mass is 32.1. The van der Waals surface area contributed by atoms with Crippen molar-refractivity contribution in [3.63, 3.8) is 0 Å². The van der Waals surface area contributed by atoms with Gasteiger partial charge in [0.2, 0.25) is 11.7 Å². The first kappa shape index (κ1) is 13.8. The molecule has 4 heterocycles. The lowest BCUT2D eigenvalue weighted by Gasteiger charge is -2.03. The van der Waals surface area contributed by atoms with Crippen LogP contribution in [0.25, 0.3) is 22.9 Å². The predicted molar refractivity (Wildman–Crippen MR) is 84.6 cm³/mol. The molecule has 0 unspecified atom stereocenters. The van der Waals surface area contributed by atoms with Crippen LogP contribution in [-0.2, 0) is 13.0 Å². The summed E-state index contributed by atoms with van der Waals surface area (Å²) in [5.41, 5.74) is 1.72. The van der Waals surface area contributed by atoms with Gasteiger partial charge in [-0.05, 0) is 23.7 Å². The Kier molecular flexibility index (Phi) is 3.65. The fourth-order valence-corrected chi connectivity index (χ4v) is 2.75. The highest BCUT2D eigenvalue weighted by Gasteiger charge is 2.11. The molecule has 4 aromatic heterocycles. The van der Waals surface area contributed by atoms with E-state index in [1.807, 2.05) is 40.5 Å². The standard InChI is InChI=1S/C15H12N6OS/c1-2-5-16-12(3-1)14-19-13(22-20-14)4-7-21-8-6-17-15(21)11-9-18-23-10-11/h1-3,5-6,8-10H,4,7H2. The topological polar surface area (TPSA) is 82.5 Å². The fraction of sp³-hybridized carbons (Fsp3) is 0.133. The molecule has 0 saturated carbocycles. The van der Waals surface area contributed by atoms with E-state index in [0.29, 0.717) is 30.4 Å². The van der Waals surface area contributed by atoms with Gasteiger partial charge in [0.1, 0.15) is 11.5 Å². The maximum Gasteiger partial charge on any atom is 0.228 e. The highest BCUT2D eigenvalue weighted by molar-refractivity contribution is 7.03. The first-order chi connectivity index (χ1) is 11.4. The summed E-state index contributed by atoms with van der Waals surface area (Å²) in [4.78, 5) is 13.0. The number of pyridine rings is 1. The summed E-state index contributed by atoms with van der Waals surface area (Å²) in [6, 6.07) is 5.60. The molecule has 0 atom stereocenters. The Balaban J connectivity index is 1.49. The van der Waals surface area contributed by atoms with Crippen LogP contribution in [-0.4, -0.2) is 29.0 Å². The van der Waals surface area contributed by atoms with Crippen LogP contribution in [0, 0.1) is 0 Å². The molecule has 0 aromatic carbocycles. The fourth-order valence-electron chi connectivity index (χ4n) is 2.24. The summed E-state index contributed by atoms with van der Waals surface area (Å²) < 4.78 is 11.5. The number of hydrogen-bond acceptors (Lipinski definition) is 7. The van der Waals surface area contributed by atoms with Gasteiger partial charge in [0.25, 0.3) is 0 Å². The van der Waals surface area contributed by atoms with Crippen LogP contribution in [0.2, 0.25) is 0 Å². The van der Waals surface area contributed by atoms with Gasteiger partial charge in [-0.3, -0.25) is 4.98 Å². The number of aryl methyl sites for hydroxylation is 2. The van der Waals surface area contributed by atoms with Crippen molar-refractivity contribution in [2.24, 2.45) is 0 Å². The second-order valence-electron chi connectivity index (χ2n) is 4.83. The summed E-state index contributed by atoms with van der Waals surface area (Å²) in [5.74, 6) is 1.98. The largest absolute Gasteiger partial charge is 0.339 e. The third kappa shape index (κ3) is 2.88. The molecule has 4 rings (SSSR count). The summed E-state index contributed by atoms with van der Waals surface area (Å²) in [6.07, 6.45) is 7.86. The predicted octanol–water partition coefficient (Wildman–Crippen LogP) is 2.69. The number of rotatable bonds is 5. The first-order valence-corrected chi connectivity index (χ1v) is 7.89. The number of hydrogen-bond donors (Lipinski definition) is 0. The van der Waals surface area contributed by atoms with E-state index < -0.39 is 0 Å². The second-order valence-corrected chi connectivity index (χ2v) is 5.49. The molecular formula is C15H12N6OS. The van der Waals surface area contributed by atoms with Crippen molar-refractivity contribution >= 4 is 11.5 Å². The molecule has 0 radical (unpaired) electrons. The lowest BCUT2D eigenvalue weighted by molar-refractivity contribution is 0.372. The van der Waals surface area contributed by atoms with E-state index in [0.717, 1.165) is 11.4 Å². The molecule has 8 heteroatoms. The Morgan fingerprint density at radius 1 is 1.17 bits per heavy atom. The third-order valence-electron chi connectivity index (χ3n) is 3.33. The van der Waals surface area contributed by atoms with E-state index in [1.54, 1.807) is 12.4 Å². The molecule has 0 amide bonds. The Morgan fingerprint density at radius 3 is 3.00 bits per heavy atom.